The first-order chi connectivity index (χ1) is 8.43. The van der Waals surface area contributed by atoms with Gasteiger partial charge in [0.2, 0.25) is 0 Å². The molecule has 1 fully saturated rings. The Balaban J connectivity index is 1.83. The average Bonchev–Trinajstić information content (AvgIpc) is 2.90. The lowest BCUT2D eigenvalue weighted by atomic mass is 9.99. The van der Waals surface area contributed by atoms with Gasteiger partial charge in [0.1, 0.15) is 0 Å². The molecule has 0 radical (unpaired) electrons. The number of hydrogen-bond donors (Lipinski definition) is 1. The highest BCUT2D eigenvalue weighted by Crippen LogP contribution is 2.30. The molecule has 1 saturated heterocycles. The predicted octanol–water partition coefficient (Wildman–Crippen LogP) is 2.67. The van der Waals surface area contributed by atoms with Gasteiger partial charge >= 0.3 is 0 Å². The van der Waals surface area contributed by atoms with E-state index in [1.54, 1.807) is 11.3 Å². The molecule has 0 saturated carbocycles. The molecule has 0 bridgehead atoms. The molecule has 3 nitrogen and oxygen atoms in total. The fourth-order valence-corrected chi connectivity index (χ4v) is 3.16. The first kappa shape index (κ1) is 10.9. The van der Waals surface area contributed by atoms with Crippen molar-refractivity contribution in [2.24, 2.45) is 0 Å². The largest absolute Gasteiger partial charge is 0.317 e. The molecule has 1 N–H and O–H groups in total. The summed E-state index contributed by atoms with van der Waals surface area (Å²) in [6.45, 7) is 2.23. The second kappa shape index (κ2) is 4.94. The Kier molecular flexibility index (Phi) is 3.16. The van der Waals surface area contributed by atoms with Crippen LogP contribution >= 0.6 is 11.3 Å². The zero-order valence-electron chi connectivity index (χ0n) is 9.60. The molecule has 17 heavy (non-hydrogen) atoms. The monoisotopic (exact) mass is 245 g/mol. The number of nitrogens with zero attached hydrogens (tertiary/aromatic N) is 2. The lowest BCUT2D eigenvalue weighted by molar-refractivity contribution is 0.459. The van der Waals surface area contributed by atoms with Crippen LogP contribution in [0.25, 0.3) is 11.4 Å². The Morgan fingerprint density at radius 1 is 1.18 bits per heavy atom. The maximum Gasteiger partial charge on any atom is 0.0998 e. The average molecular weight is 245 g/mol. The van der Waals surface area contributed by atoms with Crippen molar-refractivity contribution in [2.75, 3.05) is 13.1 Å². The SMILES string of the molecule is c1ccc(-c2csc(C3CCNCC3)n2)nc1. The maximum atomic E-state index is 4.73. The van der Waals surface area contributed by atoms with Crippen LogP contribution in [0.4, 0.5) is 0 Å². The molecule has 4 heteroatoms. The van der Waals surface area contributed by atoms with Gasteiger partial charge < -0.3 is 5.32 Å². The van der Waals surface area contributed by atoms with Gasteiger partial charge in [-0.05, 0) is 38.1 Å². The van der Waals surface area contributed by atoms with Crippen LogP contribution in [0.15, 0.2) is 29.8 Å². The molecule has 0 aromatic carbocycles. The predicted molar refractivity (Wildman–Crippen MR) is 70.2 cm³/mol. The summed E-state index contributed by atoms with van der Waals surface area (Å²) in [5.74, 6) is 0.638. The van der Waals surface area contributed by atoms with Gasteiger partial charge in [-0.1, -0.05) is 6.07 Å². The Hall–Kier alpha value is -1.26. The van der Waals surface area contributed by atoms with E-state index in [9.17, 15) is 0 Å². The number of hydrogen-bond acceptors (Lipinski definition) is 4. The third-order valence-corrected chi connectivity index (χ3v) is 4.14. The van der Waals surface area contributed by atoms with Gasteiger partial charge in [0.05, 0.1) is 16.4 Å². The molecule has 0 unspecified atom stereocenters. The smallest absolute Gasteiger partial charge is 0.0998 e. The number of nitrogens with one attached hydrogen (secondary N) is 1. The molecule has 0 aliphatic carbocycles. The van der Waals surface area contributed by atoms with Gasteiger partial charge in [0, 0.05) is 17.5 Å². The second-order valence-electron chi connectivity index (χ2n) is 4.31. The van der Waals surface area contributed by atoms with Crippen LogP contribution < -0.4 is 5.32 Å². The van der Waals surface area contributed by atoms with Crippen molar-refractivity contribution in [3.8, 4) is 11.4 Å². The van der Waals surface area contributed by atoms with Crippen LogP contribution in [-0.2, 0) is 0 Å². The summed E-state index contributed by atoms with van der Waals surface area (Å²) in [6.07, 6.45) is 4.23. The van der Waals surface area contributed by atoms with E-state index < -0.39 is 0 Å². The molecule has 0 atom stereocenters. The van der Waals surface area contributed by atoms with Gasteiger partial charge in [-0.25, -0.2) is 4.98 Å². The molecular weight excluding hydrogens is 230 g/mol. The topological polar surface area (TPSA) is 37.8 Å². The van der Waals surface area contributed by atoms with Crippen molar-refractivity contribution in [2.45, 2.75) is 18.8 Å². The second-order valence-corrected chi connectivity index (χ2v) is 5.20. The lowest BCUT2D eigenvalue weighted by Crippen LogP contribution is -2.26. The third-order valence-electron chi connectivity index (χ3n) is 3.14. The summed E-state index contributed by atoms with van der Waals surface area (Å²) in [6, 6.07) is 5.96. The normalized spacial score (nSPS) is 17.2. The summed E-state index contributed by atoms with van der Waals surface area (Å²) >= 11 is 1.77. The van der Waals surface area contributed by atoms with Gasteiger partial charge in [0.25, 0.3) is 0 Å². The molecule has 1 aliphatic heterocycles. The Morgan fingerprint density at radius 2 is 2.06 bits per heavy atom. The van der Waals surface area contributed by atoms with E-state index in [2.05, 4.69) is 15.7 Å². The van der Waals surface area contributed by atoms with E-state index in [1.807, 2.05) is 24.4 Å². The summed E-state index contributed by atoms with van der Waals surface area (Å²) in [5, 5.41) is 6.78. The molecule has 1 aliphatic rings. The number of thiazole rings is 1. The minimum Gasteiger partial charge on any atom is -0.317 e. The third kappa shape index (κ3) is 2.37. The molecule has 2 aromatic heterocycles. The minimum absolute atomic E-state index is 0.638. The summed E-state index contributed by atoms with van der Waals surface area (Å²) in [5.41, 5.74) is 1.99. The van der Waals surface area contributed by atoms with E-state index in [1.165, 1.54) is 17.8 Å². The lowest BCUT2D eigenvalue weighted by Gasteiger charge is -2.20. The van der Waals surface area contributed by atoms with Crippen LogP contribution in [0.2, 0.25) is 0 Å². The molecular formula is C13H15N3S. The minimum atomic E-state index is 0.638. The van der Waals surface area contributed by atoms with Crippen LogP contribution in [-0.4, -0.2) is 23.1 Å². The van der Waals surface area contributed by atoms with E-state index in [0.717, 1.165) is 24.5 Å². The first-order valence-corrected chi connectivity index (χ1v) is 6.89. The van der Waals surface area contributed by atoms with E-state index in [-0.39, 0.29) is 0 Å². The molecule has 3 heterocycles. The van der Waals surface area contributed by atoms with Gasteiger partial charge in [-0.2, -0.15) is 0 Å². The van der Waals surface area contributed by atoms with Crippen molar-refractivity contribution < 1.29 is 0 Å². The number of aromatic nitrogens is 2. The zero-order chi connectivity index (χ0) is 11.5. The molecule has 0 amide bonds. The number of pyridine rings is 1. The highest BCUT2D eigenvalue weighted by Gasteiger charge is 2.18. The van der Waals surface area contributed by atoms with Gasteiger partial charge in [0.15, 0.2) is 0 Å². The van der Waals surface area contributed by atoms with Crippen molar-refractivity contribution in [3.63, 3.8) is 0 Å². The number of piperidine rings is 1. The highest BCUT2D eigenvalue weighted by atomic mass is 32.1. The van der Waals surface area contributed by atoms with E-state index in [4.69, 9.17) is 4.98 Å². The fraction of sp³-hybridized carbons (Fsp3) is 0.385. The Bertz CT molecular complexity index is 474. The van der Waals surface area contributed by atoms with Crippen LogP contribution in [0, 0.1) is 0 Å². The van der Waals surface area contributed by atoms with Gasteiger partial charge in [-0.3, -0.25) is 4.98 Å². The standard InChI is InChI=1S/C13H15N3S/c1-2-6-15-11(3-1)12-9-17-13(16-12)10-4-7-14-8-5-10/h1-3,6,9-10,14H,4-5,7-8H2. The van der Waals surface area contributed by atoms with Crippen LogP contribution in [0.5, 0.6) is 0 Å². The van der Waals surface area contributed by atoms with Crippen LogP contribution in [0.3, 0.4) is 0 Å². The summed E-state index contributed by atoms with van der Waals surface area (Å²) in [4.78, 5) is 9.07. The first-order valence-electron chi connectivity index (χ1n) is 6.01. The Labute approximate surface area is 105 Å². The molecule has 0 spiro atoms. The van der Waals surface area contributed by atoms with Crippen LogP contribution in [0.1, 0.15) is 23.8 Å². The van der Waals surface area contributed by atoms with Crippen molar-refractivity contribution in [1.82, 2.24) is 15.3 Å². The molecule has 2 aromatic rings. The van der Waals surface area contributed by atoms with Gasteiger partial charge in [-0.15, -0.1) is 11.3 Å². The molecule has 3 rings (SSSR count). The molecule has 88 valence electrons. The quantitative estimate of drug-likeness (QED) is 0.884. The fourth-order valence-electron chi connectivity index (χ4n) is 2.18. The zero-order valence-corrected chi connectivity index (χ0v) is 10.4. The van der Waals surface area contributed by atoms with Crippen molar-refractivity contribution >= 4 is 11.3 Å². The van der Waals surface area contributed by atoms with E-state index in [0.29, 0.717) is 5.92 Å². The maximum absolute atomic E-state index is 4.73. The summed E-state index contributed by atoms with van der Waals surface area (Å²) in [7, 11) is 0. The van der Waals surface area contributed by atoms with E-state index >= 15 is 0 Å². The van der Waals surface area contributed by atoms with Crippen molar-refractivity contribution in [1.29, 1.82) is 0 Å². The summed E-state index contributed by atoms with van der Waals surface area (Å²) < 4.78 is 0. The van der Waals surface area contributed by atoms with Crippen molar-refractivity contribution in [3.05, 3.63) is 34.8 Å². The highest BCUT2D eigenvalue weighted by molar-refractivity contribution is 7.10. The number of rotatable bonds is 2. The Morgan fingerprint density at radius 3 is 2.82 bits per heavy atom.